The second kappa shape index (κ2) is 9.07. The molecule has 0 aliphatic heterocycles. The second-order valence-electron chi connectivity index (χ2n) is 6.30. The third-order valence-electron chi connectivity index (χ3n) is 4.32. The fourth-order valence-corrected chi connectivity index (χ4v) is 2.92. The van der Waals surface area contributed by atoms with Gasteiger partial charge in [0.15, 0.2) is 0 Å². The predicted octanol–water partition coefficient (Wildman–Crippen LogP) is 5.62. The molecular formula is C22H16ClN3O4. The number of hydrogen-bond acceptors (Lipinski definition) is 5. The fourth-order valence-electron chi connectivity index (χ4n) is 2.75. The summed E-state index contributed by atoms with van der Waals surface area (Å²) in [5, 5.41) is 23.5. The van der Waals surface area contributed by atoms with E-state index in [1.807, 2.05) is 25.1 Å². The Morgan fingerprint density at radius 3 is 2.60 bits per heavy atom. The van der Waals surface area contributed by atoms with Crippen LogP contribution in [0.4, 0.5) is 11.4 Å². The number of aryl methyl sites for hydroxylation is 1. The molecule has 0 aliphatic rings. The number of carbonyl (C=O) groups is 1. The molecule has 3 aromatic rings. The topological polar surface area (TPSA) is 109 Å². The molecule has 0 atom stereocenters. The zero-order valence-electron chi connectivity index (χ0n) is 15.9. The number of nitrogens with one attached hydrogen (secondary N) is 1. The lowest BCUT2D eigenvalue weighted by Gasteiger charge is -2.05. The molecule has 1 amide bonds. The highest BCUT2D eigenvalue weighted by atomic mass is 35.5. The molecule has 0 fully saturated rings. The number of nitriles is 1. The number of nitro groups is 1. The van der Waals surface area contributed by atoms with Crippen LogP contribution in [-0.4, -0.2) is 10.8 Å². The average molecular weight is 422 g/mol. The lowest BCUT2D eigenvalue weighted by atomic mass is 10.1. The average Bonchev–Trinajstić information content (AvgIpc) is 3.20. The summed E-state index contributed by atoms with van der Waals surface area (Å²) >= 11 is 5.83. The Morgan fingerprint density at radius 1 is 1.23 bits per heavy atom. The molecule has 30 heavy (non-hydrogen) atoms. The molecule has 1 heterocycles. The van der Waals surface area contributed by atoms with Crippen molar-refractivity contribution in [2.24, 2.45) is 0 Å². The molecule has 0 unspecified atom stereocenters. The summed E-state index contributed by atoms with van der Waals surface area (Å²) in [6.07, 6.45) is 2.16. The number of anilines is 1. The number of amides is 1. The van der Waals surface area contributed by atoms with Crippen molar-refractivity contribution in [2.45, 2.75) is 13.3 Å². The van der Waals surface area contributed by atoms with E-state index < -0.39 is 10.8 Å². The van der Waals surface area contributed by atoms with Gasteiger partial charge in [0.05, 0.1) is 10.5 Å². The summed E-state index contributed by atoms with van der Waals surface area (Å²) in [5.41, 5.74) is 1.56. The van der Waals surface area contributed by atoms with Crippen LogP contribution in [-0.2, 0) is 11.2 Å². The van der Waals surface area contributed by atoms with Crippen LogP contribution >= 0.6 is 11.6 Å². The Bertz CT molecular complexity index is 1170. The summed E-state index contributed by atoms with van der Waals surface area (Å²) in [6, 6.07) is 16.4. The number of rotatable bonds is 6. The molecule has 2 aromatic carbocycles. The van der Waals surface area contributed by atoms with Crippen molar-refractivity contribution < 1.29 is 14.1 Å². The van der Waals surface area contributed by atoms with Gasteiger partial charge in [-0.15, -0.1) is 0 Å². The first kappa shape index (κ1) is 20.8. The van der Waals surface area contributed by atoms with Crippen molar-refractivity contribution >= 4 is 35.0 Å². The quantitative estimate of drug-likeness (QED) is 0.240. The van der Waals surface area contributed by atoms with Crippen LogP contribution in [0.3, 0.4) is 0 Å². The fraction of sp³-hybridized carbons (Fsp3) is 0.0909. The van der Waals surface area contributed by atoms with Crippen LogP contribution in [0.1, 0.15) is 18.2 Å². The zero-order valence-corrected chi connectivity index (χ0v) is 16.6. The van der Waals surface area contributed by atoms with Gasteiger partial charge in [-0.05, 0) is 48.4 Å². The van der Waals surface area contributed by atoms with E-state index in [0.29, 0.717) is 5.69 Å². The monoisotopic (exact) mass is 421 g/mol. The number of furan rings is 1. The number of nitrogens with zero attached hydrogens (tertiary/aromatic N) is 2. The van der Waals surface area contributed by atoms with Crippen LogP contribution in [0.25, 0.3) is 17.4 Å². The number of halogens is 1. The normalized spacial score (nSPS) is 11.0. The van der Waals surface area contributed by atoms with Crippen molar-refractivity contribution in [1.82, 2.24) is 0 Å². The Balaban J connectivity index is 1.84. The maximum Gasteiger partial charge on any atom is 0.281 e. The van der Waals surface area contributed by atoms with E-state index in [0.717, 1.165) is 12.0 Å². The van der Waals surface area contributed by atoms with Gasteiger partial charge in [-0.1, -0.05) is 30.7 Å². The summed E-state index contributed by atoms with van der Waals surface area (Å²) in [5.74, 6) is -0.156. The summed E-state index contributed by atoms with van der Waals surface area (Å²) in [6.45, 7) is 2.03. The molecular weight excluding hydrogens is 406 g/mol. The molecule has 1 aromatic heterocycles. The van der Waals surface area contributed by atoms with Crippen LogP contribution in [0.15, 0.2) is 64.6 Å². The van der Waals surface area contributed by atoms with E-state index in [2.05, 4.69) is 5.32 Å². The third kappa shape index (κ3) is 4.74. The van der Waals surface area contributed by atoms with E-state index >= 15 is 0 Å². The van der Waals surface area contributed by atoms with E-state index in [1.54, 1.807) is 12.1 Å². The van der Waals surface area contributed by atoms with E-state index in [1.165, 1.54) is 36.4 Å². The zero-order chi connectivity index (χ0) is 21.7. The first-order valence-corrected chi connectivity index (χ1v) is 9.35. The summed E-state index contributed by atoms with van der Waals surface area (Å²) in [7, 11) is 0. The lowest BCUT2D eigenvalue weighted by molar-refractivity contribution is -0.384. The van der Waals surface area contributed by atoms with E-state index in [4.69, 9.17) is 16.0 Å². The van der Waals surface area contributed by atoms with Gasteiger partial charge in [0.1, 0.15) is 23.2 Å². The minimum atomic E-state index is -0.586. The van der Waals surface area contributed by atoms with Gasteiger partial charge in [0, 0.05) is 22.9 Å². The van der Waals surface area contributed by atoms with E-state index in [9.17, 15) is 20.2 Å². The molecule has 0 spiro atoms. The van der Waals surface area contributed by atoms with Crippen LogP contribution in [0.2, 0.25) is 5.02 Å². The molecule has 1 N–H and O–H groups in total. The van der Waals surface area contributed by atoms with Gasteiger partial charge >= 0.3 is 0 Å². The SMILES string of the molecule is CCc1ccc(NC(=O)/C(C#N)=C/c2ccc(-c3ccc(Cl)cc3[N+](=O)[O-])o2)cc1. The van der Waals surface area contributed by atoms with Crippen molar-refractivity contribution in [3.05, 3.63) is 86.6 Å². The van der Waals surface area contributed by atoms with Gasteiger partial charge in [-0.25, -0.2) is 0 Å². The van der Waals surface area contributed by atoms with Crippen molar-refractivity contribution in [3.63, 3.8) is 0 Å². The van der Waals surface area contributed by atoms with E-state index in [-0.39, 0.29) is 33.4 Å². The largest absolute Gasteiger partial charge is 0.456 e. The lowest BCUT2D eigenvalue weighted by Crippen LogP contribution is -2.13. The van der Waals surface area contributed by atoms with Gasteiger partial charge < -0.3 is 9.73 Å². The minimum Gasteiger partial charge on any atom is -0.456 e. The van der Waals surface area contributed by atoms with Crippen LogP contribution < -0.4 is 5.32 Å². The third-order valence-corrected chi connectivity index (χ3v) is 4.56. The summed E-state index contributed by atoms with van der Waals surface area (Å²) in [4.78, 5) is 23.1. The maximum atomic E-state index is 12.4. The highest BCUT2D eigenvalue weighted by Gasteiger charge is 2.19. The summed E-state index contributed by atoms with van der Waals surface area (Å²) < 4.78 is 5.61. The van der Waals surface area contributed by atoms with Gasteiger partial charge in [0.25, 0.3) is 11.6 Å². The standard InChI is InChI=1S/C22H16ClN3O4/c1-2-14-3-6-17(7-4-14)25-22(27)15(13-24)11-18-8-10-21(30-18)19-9-5-16(23)12-20(19)26(28)29/h3-12H,2H2,1H3,(H,25,27)/b15-11+. The molecule has 0 aliphatic carbocycles. The number of carbonyl (C=O) groups excluding carboxylic acids is 1. The molecule has 0 saturated carbocycles. The molecule has 150 valence electrons. The molecule has 0 saturated heterocycles. The Morgan fingerprint density at radius 2 is 1.97 bits per heavy atom. The van der Waals surface area contributed by atoms with Gasteiger partial charge in [-0.2, -0.15) is 5.26 Å². The van der Waals surface area contributed by atoms with Gasteiger partial charge in [-0.3, -0.25) is 14.9 Å². The van der Waals surface area contributed by atoms with Crippen LogP contribution in [0, 0.1) is 21.4 Å². The molecule has 0 bridgehead atoms. The number of hydrogen-bond donors (Lipinski definition) is 1. The number of benzene rings is 2. The van der Waals surface area contributed by atoms with Gasteiger partial charge in [0.2, 0.25) is 0 Å². The molecule has 3 rings (SSSR count). The smallest absolute Gasteiger partial charge is 0.281 e. The molecule has 7 nitrogen and oxygen atoms in total. The van der Waals surface area contributed by atoms with Crippen molar-refractivity contribution in [1.29, 1.82) is 5.26 Å². The molecule has 8 heteroatoms. The highest BCUT2D eigenvalue weighted by Crippen LogP contribution is 2.33. The predicted molar refractivity (Wildman–Crippen MR) is 114 cm³/mol. The first-order valence-electron chi connectivity index (χ1n) is 8.97. The highest BCUT2D eigenvalue weighted by molar-refractivity contribution is 6.30. The number of nitro benzene ring substituents is 1. The maximum absolute atomic E-state index is 12.4. The Labute approximate surface area is 177 Å². The molecule has 0 radical (unpaired) electrons. The Kier molecular flexibility index (Phi) is 6.30. The second-order valence-corrected chi connectivity index (χ2v) is 6.73. The van der Waals surface area contributed by atoms with Crippen molar-refractivity contribution in [2.75, 3.05) is 5.32 Å². The van der Waals surface area contributed by atoms with Crippen LogP contribution in [0.5, 0.6) is 0 Å². The minimum absolute atomic E-state index is 0.166. The van der Waals surface area contributed by atoms with Crippen molar-refractivity contribution in [3.8, 4) is 17.4 Å². The first-order chi connectivity index (χ1) is 14.4. The Hall–Kier alpha value is -3.89.